The van der Waals surface area contributed by atoms with Crippen molar-refractivity contribution in [3.63, 3.8) is 0 Å². The second-order valence-corrected chi connectivity index (χ2v) is 6.59. The molecule has 0 saturated carbocycles. The Bertz CT molecular complexity index is 1280. The molecule has 30 heavy (non-hydrogen) atoms. The molecule has 4 aromatic rings. The SMILES string of the molecule is O=C(Cn1c(=O)c(-c2ccccc2)nc2ccccc21)N/N=C/c1ccc(O)cc1. The van der Waals surface area contributed by atoms with Crippen LogP contribution in [0, 0.1) is 0 Å². The first-order valence-electron chi connectivity index (χ1n) is 9.28. The van der Waals surface area contributed by atoms with Crippen LogP contribution in [0.1, 0.15) is 5.56 Å². The van der Waals surface area contributed by atoms with Gasteiger partial charge in [-0.05, 0) is 42.0 Å². The minimum atomic E-state index is -0.442. The number of phenolic OH excluding ortho intramolecular Hbond substituents is 1. The molecule has 0 saturated heterocycles. The van der Waals surface area contributed by atoms with Crippen molar-refractivity contribution in [3.8, 4) is 17.0 Å². The van der Waals surface area contributed by atoms with Crippen LogP contribution in [0.3, 0.4) is 0 Å². The van der Waals surface area contributed by atoms with Crippen molar-refractivity contribution in [3.05, 3.63) is 94.8 Å². The standard InChI is InChI=1S/C23H18N4O3/c28-18-12-10-16(11-13-18)14-24-26-21(29)15-27-20-9-5-4-8-19(20)25-22(23(27)30)17-6-2-1-3-7-17/h1-14,28H,15H2,(H,26,29)/b24-14+. The largest absolute Gasteiger partial charge is 0.508 e. The maximum absolute atomic E-state index is 13.1. The van der Waals surface area contributed by atoms with Crippen LogP contribution < -0.4 is 11.0 Å². The minimum Gasteiger partial charge on any atom is -0.508 e. The predicted octanol–water partition coefficient (Wildman–Crippen LogP) is 2.92. The summed E-state index contributed by atoms with van der Waals surface area (Å²) in [6.07, 6.45) is 1.46. The second-order valence-electron chi connectivity index (χ2n) is 6.59. The number of fused-ring (bicyclic) bond motifs is 1. The Kier molecular flexibility index (Phi) is 5.34. The third-order valence-electron chi connectivity index (χ3n) is 4.50. The fourth-order valence-corrected chi connectivity index (χ4v) is 3.05. The summed E-state index contributed by atoms with van der Waals surface area (Å²) in [4.78, 5) is 30.1. The van der Waals surface area contributed by atoms with Crippen LogP contribution in [0.2, 0.25) is 0 Å². The summed E-state index contributed by atoms with van der Waals surface area (Å²) < 4.78 is 1.40. The Hall–Kier alpha value is -4.26. The zero-order valence-corrected chi connectivity index (χ0v) is 15.9. The molecule has 0 aliphatic heterocycles. The highest BCUT2D eigenvalue weighted by Crippen LogP contribution is 2.17. The van der Waals surface area contributed by atoms with Gasteiger partial charge >= 0.3 is 0 Å². The van der Waals surface area contributed by atoms with Crippen LogP contribution in [0.15, 0.2) is 88.8 Å². The zero-order valence-electron chi connectivity index (χ0n) is 15.9. The molecule has 0 aliphatic carbocycles. The van der Waals surface area contributed by atoms with E-state index in [2.05, 4.69) is 15.5 Å². The molecule has 0 aliphatic rings. The van der Waals surface area contributed by atoms with Gasteiger partial charge in [-0.15, -0.1) is 0 Å². The van der Waals surface area contributed by atoms with Crippen LogP contribution in [-0.4, -0.2) is 26.8 Å². The Labute approximate surface area is 172 Å². The summed E-state index contributed by atoms with van der Waals surface area (Å²) in [5.41, 5.74) is 4.96. The molecule has 2 N–H and O–H groups in total. The molecule has 0 fully saturated rings. The third kappa shape index (κ3) is 4.10. The van der Waals surface area contributed by atoms with Gasteiger partial charge < -0.3 is 5.11 Å². The summed E-state index contributed by atoms with van der Waals surface area (Å²) in [6, 6.07) is 22.7. The number of para-hydroxylation sites is 2. The monoisotopic (exact) mass is 398 g/mol. The second kappa shape index (κ2) is 8.40. The van der Waals surface area contributed by atoms with E-state index in [0.717, 1.165) is 0 Å². The van der Waals surface area contributed by atoms with E-state index in [-0.39, 0.29) is 23.5 Å². The van der Waals surface area contributed by atoms with E-state index in [1.807, 2.05) is 36.4 Å². The number of nitrogens with one attached hydrogen (secondary N) is 1. The molecule has 0 bridgehead atoms. The number of aromatic hydroxyl groups is 1. The van der Waals surface area contributed by atoms with Gasteiger partial charge in [-0.1, -0.05) is 42.5 Å². The highest BCUT2D eigenvalue weighted by atomic mass is 16.3. The number of hydrogen-bond donors (Lipinski definition) is 2. The van der Waals surface area contributed by atoms with Crippen molar-refractivity contribution in [1.82, 2.24) is 15.0 Å². The Morgan fingerprint density at radius 1 is 1.00 bits per heavy atom. The molecule has 1 aromatic heterocycles. The number of hydrazone groups is 1. The lowest BCUT2D eigenvalue weighted by Crippen LogP contribution is -2.31. The van der Waals surface area contributed by atoms with Crippen molar-refractivity contribution < 1.29 is 9.90 Å². The van der Waals surface area contributed by atoms with Crippen molar-refractivity contribution in [2.45, 2.75) is 6.54 Å². The first-order valence-corrected chi connectivity index (χ1v) is 9.28. The van der Waals surface area contributed by atoms with Gasteiger partial charge in [0.15, 0.2) is 0 Å². The van der Waals surface area contributed by atoms with Crippen LogP contribution in [0.5, 0.6) is 5.75 Å². The lowest BCUT2D eigenvalue weighted by molar-refractivity contribution is -0.121. The molecule has 148 valence electrons. The molecule has 4 rings (SSSR count). The van der Waals surface area contributed by atoms with Gasteiger partial charge in [0.2, 0.25) is 0 Å². The molecule has 1 heterocycles. The summed E-state index contributed by atoms with van der Waals surface area (Å²) >= 11 is 0. The lowest BCUT2D eigenvalue weighted by atomic mass is 10.1. The molecule has 0 atom stereocenters. The fourth-order valence-electron chi connectivity index (χ4n) is 3.05. The molecule has 3 aromatic carbocycles. The van der Waals surface area contributed by atoms with Gasteiger partial charge in [-0.3, -0.25) is 14.2 Å². The van der Waals surface area contributed by atoms with E-state index < -0.39 is 5.91 Å². The molecule has 1 amide bonds. The Morgan fingerprint density at radius 3 is 2.47 bits per heavy atom. The third-order valence-corrected chi connectivity index (χ3v) is 4.50. The average Bonchev–Trinajstić information content (AvgIpc) is 2.77. The van der Waals surface area contributed by atoms with Crippen molar-refractivity contribution in [2.75, 3.05) is 0 Å². The maximum atomic E-state index is 13.1. The zero-order chi connectivity index (χ0) is 20.9. The topological polar surface area (TPSA) is 96.6 Å². The number of aromatic nitrogens is 2. The molecule has 7 heteroatoms. The average molecular weight is 398 g/mol. The van der Waals surface area contributed by atoms with E-state index in [1.54, 1.807) is 30.3 Å². The van der Waals surface area contributed by atoms with E-state index >= 15 is 0 Å². The van der Waals surface area contributed by atoms with Crippen molar-refractivity contribution in [1.29, 1.82) is 0 Å². The fraction of sp³-hybridized carbons (Fsp3) is 0.0435. The number of hydrogen-bond acceptors (Lipinski definition) is 5. The number of amides is 1. The van der Waals surface area contributed by atoms with E-state index in [9.17, 15) is 14.7 Å². The number of nitrogens with zero attached hydrogens (tertiary/aromatic N) is 3. The number of carbonyl (C=O) groups excluding carboxylic acids is 1. The van der Waals surface area contributed by atoms with Gasteiger partial charge in [-0.2, -0.15) is 5.10 Å². The summed E-state index contributed by atoms with van der Waals surface area (Å²) in [5.74, 6) is -0.295. The number of benzene rings is 3. The molecule has 7 nitrogen and oxygen atoms in total. The number of carbonyl (C=O) groups is 1. The molecular weight excluding hydrogens is 380 g/mol. The minimum absolute atomic E-state index is 0.148. The van der Waals surface area contributed by atoms with E-state index in [0.29, 0.717) is 22.2 Å². The highest BCUT2D eigenvalue weighted by molar-refractivity contribution is 5.84. The van der Waals surface area contributed by atoms with Crippen molar-refractivity contribution in [2.24, 2.45) is 5.10 Å². The van der Waals surface area contributed by atoms with Gasteiger partial charge in [0, 0.05) is 5.56 Å². The van der Waals surface area contributed by atoms with Crippen LogP contribution >= 0.6 is 0 Å². The quantitative estimate of drug-likeness (QED) is 0.399. The maximum Gasteiger partial charge on any atom is 0.278 e. The first kappa shape index (κ1) is 19.1. The van der Waals surface area contributed by atoms with E-state index in [4.69, 9.17) is 0 Å². The highest BCUT2D eigenvalue weighted by Gasteiger charge is 2.14. The number of rotatable bonds is 5. The normalized spacial score (nSPS) is 11.1. The summed E-state index contributed by atoms with van der Waals surface area (Å²) in [6.45, 7) is -0.200. The van der Waals surface area contributed by atoms with Gasteiger partial charge in [0.05, 0.1) is 17.2 Å². The summed E-state index contributed by atoms with van der Waals surface area (Å²) in [5, 5.41) is 13.2. The van der Waals surface area contributed by atoms with Gasteiger partial charge in [0.25, 0.3) is 11.5 Å². The predicted molar refractivity (Wildman–Crippen MR) is 115 cm³/mol. The number of phenols is 1. The van der Waals surface area contributed by atoms with Crippen LogP contribution in [0.25, 0.3) is 22.3 Å². The van der Waals surface area contributed by atoms with E-state index in [1.165, 1.54) is 22.9 Å². The Balaban J connectivity index is 1.63. The lowest BCUT2D eigenvalue weighted by Gasteiger charge is -2.11. The first-order chi connectivity index (χ1) is 14.6. The molecule has 0 unspecified atom stereocenters. The molecule has 0 spiro atoms. The van der Waals surface area contributed by atoms with Crippen molar-refractivity contribution >= 4 is 23.2 Å². The molecule has 0 radical (unpaired) electrons. The Morgan fingerprint density at radius 2 is 1.70 bits per heavy atom. The summed E-state index contributed by atoms with van der Waals surface area (Å²) in [7, 11) is 0. The smallest absolute Gasteiger partial charge is 0.278 e. The van der Waals surface area contributed by atoms with Gasteiger partial charge in [-0.25, -0.2) is 10.4 Å². The van der Waals surface area contributed by atoms with Crippen LogP contribution in [-0.2, 0) is 11.3 Å². The van der Waals surface area contributed by atoms with Gasteiger partial charge in [0.1, 0.15) is 18.0 Å². The van der Waals surface area contributed by atoms with Crippen LogP contribution in [0.4, 0.5) is 0 Å². The molecular formula is C23H18N4O3.